The van der Waals surface area contributed by atoms with Crippen LogP contribution in [0.25, 0.3) is 0 Å². The average Bonchev–Trinajstić information content (AvgIpc) is 3.08. The summed E-state index contributed by atoms with van der Waals surface area (Å²) in [6, 6.07) is 13.2. The van der Waals surface area contributed by atoms with E-state index in [0.29, 0.717) is 28.9 Å². The molecular weight excluding hydrogens is 488 g/mol. The van der Waals surface area contributed by atoms with Gasteiger partial charge in [-0.05, 0) is 96.0 Å². The van der Waals surface area contributed by atoms with Gasteiger partial charge in [0.2, 0.25) is 16.0 Å². The van der Waals surface area contributed by atoms with E-state index in [9.17, 15) is 8.42 Å². The van der Waals surface area contributed by atoms with Crippen molar-refractivity contribution in [2.45, 2.75) is 51.0 Å². The molecule has 2 aromatic carbocycles. The van der Waals surface area contributed by atoms with Crippen LogP contribution < -0.4 is 20.1 Å². The van der Waals surface area contributed by atoms with Gasteiger partial charge in [-0.3, -0.25) is 4.90 Å². The van der Waals surface area contributed by atoms with Crippen LogP contribution in [-0.2, 0) is 10.0 Å². The van der Waals surface area contributed by atoms with Crippen LogP contribution in [0.5, 0.6) is 5.75 Å². The van der Waals surface area contributed by atoms with Crippen LogP contribution in [0.15, 0.2) is 59.6 Å². The molecule has 0 radical (unpaired) electrons. The molecular formula is C27H36N6O3S. The predicted octanol–water partition coefficient (Wildman–Crippen LogP) is 4.82. The van der Waals surface area contributed by atoms with E-state index in [2.05, 4.69) is 25.3 Å². The molecule has 1 aliphatic rings. The van der Waals surface area contributed by atoms with Crippen molar-refractivity contribution >= 4 is 33.2 Å². The number of benzene rings is 2. The molecule has 3 aromatic rings. The van der Waals surface area contributed by atoms with Gasteiger partial charge in [0, 0.05) is 40.7 Å². The van der Waals surface area contributed by atoms with Gasteiger partial charge in [-0.2, -0.15) is 4.98 Å². The standard InChI is InChI=1S/C27H36N6O3S/c1-20-19-28-26(30-21-10-12-23(13-11-21)36-17-16-33-14-5-6-15-33)31-25(20)29-22-8-7-9-24(18-22)37(34,35)32-27(2,3)4/h7-13,18-19,32H,5-6,14-17H2,1-4H3,(H2,28,29,30,31)/i14D2,15D2,17D. The van der Waals surface area contributed by atoms with Gasteiger partial charge < -0.3 is 15.4 Å². The first-order valence-corrected chi connectivity index (χ1v) is 13.4. The van der Waals surface area contributed by atoms with Gasteiger partial charge in [0.25, 0.3) is 0 Å². The Labute approximate surface area is 226 Å². The Morgan fingerprint density at radius 3 is 2.51 bits per heavy atom. The molecule has 0 saturated carbocycles. The van der Waals surface area contributed by atoms with Gasteiger partial charge in [-0.1, -0.05) is 6.07 Å². The highest BCUT2D eigenvalue weighted by molar-refractivity contribution is 7.89. The Kier molecular flexibility index (Phi) is 6.44. The Morgan fingerprint density at radius 1 is 1.08 bits per heavy atom. The summed E-state index contributed by atoms with van der Waals surface area (Å²) in [7, 11) is -3.71. The molecule has 1 aromatic heterocycles. The topological polar surface area (TPSA) is 108 Å². The maximum atomic E-state index is 12.8. The SMILES string of the molecule is [2H]C(CN1C([2H])([2H])CCC1([2H])[2H])Oc1ccc(Nc2ncc(C)c(Nc3cccc(S(=O)(=O)NC(C)(C)C)c3)n2)cc1. The Morgan fingerprint density at radius 2 is 1.81 bits per heavy atom. The van der Waals surface area contributed by atoms with Crippen LogP contribution >= 0.6 is 0 Å². The second-order valence-corrected chi connectivity index (χ2v) is 11.3. The third kappa shape index (κ3) is 7.88. The first-order valence-electron chi connectivity index (χ1n) is 14.5. The number of hydrogen-bond acceptors (Lipinski definition) is 8. The molecule has 0 aliphatic carbocycles. The Hall–Kier alpha value is -3.21. The van der Waals surface area contributed by atoms with Crippen LogP contribution in [0.4, 0.5) is 23.1 Å². The molecule has 37 heavy (non-hydrogen) atoms. The van der Waals surface area contributed by atoms with Crippen LogP contribution in [0.3, 0.4) is 0 Å². The average molecular weight is 530 g/mol. The number of aromatic nitrogens is 2. The number of hydrogen-bond donors (Lipinski definition) is 3. The lowest BCUT2D eigenvalue weighted by Crippen LogP contribution is -2.40. The van der Waals surface area contributed by atoms with Gasteiger partial charge >= 0.3 is 0 Å². The van der Waals surface area contributed by atoms with Gasteiger partial charge in [0.15, 0.2) is 0 Å². The van der Waals surface area contributed by atoms with Crippen molar-refractivity contribution in [3.05, 3.63) is 60.3 Å². The second kappa shape index (κ2) is 11.5. The van der Waals surface area contributed by atoms with E-state index in [4.69, 9.17) is 11.6 Å². The predicted molar refractivity (Wildman–Crippen MR) is 147 cm³/mol. The molecule has 9 nitrogen and oxygen atoms in total. The lowest BCUT2D eigenvalue weighted by Gasteiger charge is -2.20. The molecule has 198 valence electrons. The molecule has 1 atom stereocenters. The second-order valence-electron chi connectivity index (χ2n) is 9.59. The number of sulfonamides is 1. The van der Waals surface area contributed by atoms with Crippen molar-refractivity contribution in [1.29, 1.82) is 0 Å². The molecule has 3 N–H and O–H groups in total. The Bertz CT molecular complexity index is 1500. The number of aryl methyl sites for hydroxylation is 1. The van der Waals surface area contributed by atoms with E-state index in [1.807, 2.05) is 6.92 Å². The quantitative estimate of drug-likeness (QED) is 0.343. The van der Waals surface area contributed by atoms with E-state index in [-0.39, 0.29) is 24.3 Å². The minimum absolute atomic E-state index is 0.0641. The highest BCUT2D eigenvalue weighted by Crippen LogP contribution is 2.24. The summed E-state index contributed by atoms with van der Waals surface area (Å²) < 4.78 is 74.1. The number of anilines is 4. The summed E-state index contributed by atoms with van der Waals surface area (Å²) >= 11 is 0. The molecule has 0 bridgehead atoms. The van der Waals surface area contributed by atoms with Gasteiger partial charge in [0.1, 0.15) is 18.2 Å². The lowest BCUT2D eigenvalue weighted by atomic mass is 10.1. The lowest BCUT2D eigenvalue weighted by molar-refractivity contribution is 0.238. The summed E-state index contributed by atoms with van der Waals surface area (Å²) in [5, 5.41) is 6.27. The zero-order valence-electron chi connectivity index (χ0n) is 26.4. The number of rotatable bonds is 10. The zero-order valence-corrected chi connectivity index (χ0v) is 22.2. The van der Waals surface area contributed by atoms with E-state index < -0.39 is 35.1 Å². The maximum Gasteiger partial charge on any atom is 0.241 e. The number of likely N-dealkylation sites (tertiary alicyclic amines) is 1. The first-order chi connectivity index (χ1) is 19.4. The van der Waals surface area contributed by atoms with Crippen molar-refractivity contribution in [1.82, 2.24) is 19.6 Å². The number of ether oxygens (including phenoxy) is 1. The van der Waals surface area contributed by atoms with Gasteiger partial charge in [-0.15, -0.1) is 0 Å². The van der Waals surface area contributed by atoms with Crippen molar-refractivity contribution < 1.29 is 20.0 Å². The van der Waals surface area contributed by atoms with Gasteiger partial charge in [-0.25, -0.2) is 18.1 Å². The molecule has 1 unspecified atom stereocenters. The highest BCUT2D eigenvalue weighted by Gasteiger charge is 2.22. The fourth-order valence-electron chi connectivity index (χ4n) is 3.49. The summed E-state index contributed by atoms with van der Waals surface area (Å²) in [4.78, 5) is 10.0. The maximum absolute atomic E-state index is 12.8. The number of nitrogens with zero attached hydrogens (tertiary/aromatic N) is 3. The summed E-state index contributed by atoms with van der Waals surface area (Å²) in [5.74, 6) is 1.17. The largest absolute Gasteiger partial charge is 0.492 e. The molecule has 4 rings (SSSR count). The smallest absolute Gasteiger partial charge is 0.241 e. The molecule has 10 heteroatoms. The molecule has 1 saturated heterocycles. The minimum atomic E-state index is -3.71. The highest BCUT2D eigenvalue weighted by atomic mass is 32.2. The summed E-state index contributed by atoms with van der Waals surface area (Å²) in [6.07, 6.45) is 1.76. The van der Waals surface area contributed by atoms with Crippen LogP contribution in [-0.4, -0.2) is 54.9 Å². The van der Waals surface area contributed by atoms with Crippen LogP contribution in [0.2, 0.25) is 0 Å². The van der Waals surface area contributed by atoms with E-state index in [0.717, 1.165) is 10.5 Å². The van der Waals surface area contributed by atoms with Gasteiger partial charge in [0.05, 0.1) is 6.27 Å². The van der Waals surface area contributed by atoms with E-state index in [1.165, 1.54) is 12.1 Å². The van der Waals surface area contributed by atoms with Crippen LogP contribution in [0.1, 0.15) is 46.0 Å². The summed E-state index contributed by atoms with van der Waals surface area (Å²) in [6.45, 7) is 2.11. The Balaban J connectivity index is 1.41. The molecule has 0 amide bonds. The minimum Gasteiger partial charge on any atom is -0.492 e. The van der Waals surface area contributed by atoms with Crippen LogP contribution in [0, 0.1) is 6.92 Å². The zero-order chi connectivity index (χ0) is 30.9. The van der Waals surface area contributed by atoms with Crippen molar-refractivity contribution in [2.24, 2.45) is 0 Å². The summed E-state index contributed by atoms with van der Waals surface area (Å²) in [5.41, 5.74) is 1.31. The normalized spacial score (nSPS) is 20.1. The van der Waals surface area contributed by atoms with Crippen molar-refractivity contribution in [3.63, 3.8) is 0 Å². The molecule has 0 spiro atoms. The van der Waals surface area contributed by atoms with E-state index in [1.54, 1.807) is 63.4 Å². The first kappa shape index (κ1) is 20.8. The third-order valence-corrected chi connectivity index (χ3v) is 6.89. The third-order valence-electron chi connectivity index (χ3n) is 5.14. The van der Waals surface area contributed by atoms with E-state index >= 15 is 0 Å². The fourth-order valence-corrected chi connectivity index (χ4v) is 4.95. The molecule has 2 heterocycles. The van der Waals surface area contributed by atoms with Crippen molar-refractivity contribution in [3.8, 4) is 5.75 Å². The fraction of sp³-hybridized carbons (Fsp3) is 0.407. The number of nitrogens with one attached hydrogen (secondary N) is 3. The van der Waals surface area contributed by atoms with Crippen molar-refractivity contribution in [2.75, 3.05) is 36.8 Å². The molecule has 1 aliphatic heterocycles. The molecule has 1 fully saturated rings. The monoisotopic (exact) mass is 529 g/mol.